The van der Waals surface area contributed by atoms with Crippen molar-refractivity contribution >= 4 is 106 Å². The van der Waals surface area contributed by atoms with Gasteiger partial charge in [-0.05, 0) is 103 Å². The molecular formula is C68H117N13O15S3. The molecule has 0 aromatic heterocycles. The van der Waals surface area contributed by atoms with Gasteiger partial charge >= 0.3 is 24.1 Å². The quantitative estimate of drug-likeness (QED) is 0.0214. The van der Waals surface area contributed by atoms with Gasteiger partial charge in [0.15, 0.2) is 0 Å². The van der Waals surface area contributed by atoms with Crippen LogP contribution < -0.4 is 64.6 Å². The molecule has 7 rings (SSSR count). The molecule has 7 aliphatic heterocycles. The highest BCUT2D eigenvalue weighted by molar-refractivity contribution is 8.00. The van der Waals surface area contributed by atoms with Gasteiger partial charge in [0.05, 0.1) is 62.7 Å². The number of hydroxylamine groups is 2. The average molecular weight is 1450 g/mol. The summed E-state index contributed by atoms with van der Waals surface area (Å²) < 4.78 is 10.9. The predicted molar refractivity (Wildman–Crippen MR) is 383 cm³/mol. The smallest absolute Gasteiger partial charge is 0.333 e. The van der Waals surface area contributed by atoms with Crippen LogP contribution in [0.1, 0.15) is 218 Å². The molecule has 31 heteroatoms. The highest BCUT2D eigenvalue weighted by atomic mass is 32.2. The summed E-state index contributed by atoms with van der Waals surface area (Å²) in [4.78, 5) is 145. The number of urea groups is 3. The molecule has 7 saturated heterocycles. The molecular weight excluding hydrogens is 1340 g/mol. The monoisotopic (exact) mass is 1450 g/mol. The van der Waals surface area contributed by atoms with Crippen molar-refractivity contribution in [2.45, 2.75) is 270 Å². The Morgan fingerprint density at radius 1 is 0.374 bits per heavy atom. The van der Waals surface area contributed by atoms with Gasteiger partial charge in [0.25, 0.3) is 11.8 Å². The van der Waals surface area contributed by atoms with Crippen LogP contribution in [-0.4, -0.2) is 211 Å². The molecule has 0 bridgehead atoms. The van der Waals surface area contributed by atoms with Crippen LogP contribution in [0.5, 0.6) is 0 Å². The Kier molecular flexibility index (Phi) is 43.2. The summed E-state index contributed by atoms with van der Waals surface area (Å²) >= 11 is 5.66. The van der Waals surface area contributed by atoms with Gasteiger partial charge in [-0.1, -0.05) is 57.8 Å². The van der Waals surface area contributed by atoms with Crippen LogP contribution >= 0.6 is 35.3 Å². The van der Waals surface area contributed by atoms with Gasteiger partial charge in [0, 0.05) is 130 Å². The molecule has 14 N–H and O–H groups in total. The lowest BCUT2D eigenvalue weighted by Crippen LogP contribution is -2.36. The van der Waals surface area contributed by atoms with E-state index in [0.717, 1.165) is 159 Å². The van der Waals surface area contributed by atoms with E-state index in [4.69, 9.17) is 25.8 Å². The zero-order valence-electron chi connectivity index (χ0n) is 58.4. The van der Waals surface area contributed by atoms with E-state index in [1.807, 2.05) is 35.3 Å². The minimum Gasteiger partial charge on any atom is -0.378 e. The fourth-order valence-electron chi connectivity index (χ4n) is 12.7. The van der Waals surface area contributed by atoms with Crippen molar-refractivity contribution in [2.24, 2.45) is 11.5 Å². The maximum atomic E-state index is 12.2. The molecule has 12 amide bonds. The SMILES string of the molecule is NCCCCCC(=O)NCCOCCNC(=O)CCCCCN.O=C(CCCCCCC(=O)NCCOCCNC(=O)CCCCCCC(=O)CCCC[C@@H]1SC[C@@H]2NC(=O)N[C@@H]21)CCCC[C@@H]1SC[C@@H]2NC(=O)N[C@@H]21.O=C1N[C@H]2[C@H](CS[C@H]2CCCCC(=O)ON2C(=O)CCC2=O)N1. The predicted octanol–water partition coefficient (Wildman–Crippen LogP) is 5.10. The second-order valence-corrected chi connectivity index (χ2v) is 30.2. The van der Waals surface area contributed by atoms with Crippen LogP contribution in [0.3, 0.4) is 0 Å². The lowest BCUT2D eigenvalue weighted by atomic mass is 10.0. The first-order valence-corrected chi connectivity index (χ1v) is 40.0. The number of ketones is 2. The third-order valence-electron chi connectivity index (χ3n) is 18.2. The number of thioether (sulfide) groups is 3. The second-order valence-electron chi connectivity index (χ2n) is 26.4. The zero-order chi connectivity index (χ0) is 71.2. The Hall–Kier alpha value is -5.47. The first-order chi connectivity index (χ1) is 48.0. The van der Waals surface area contributed by atoms with Gasteiger partial charge in [-0.2, -0.15) is 35.3 Å². The molecule has 0 spiro atoms. The molecule has 0 aromatic rings. The minimum absolute atomic E-state index is 0.00841. The average Bonchev–Trinajstić information content (AvgIpc) is 1.69. The van der Waals surface area contributed by atoms with E-state index >= 15 is 0 Å². The highest BCUT2D eigenvalue weighted by Crippen LogP contribution is 2.36. The summed E-state index contributed by atoms with van der Waals surface area (Å²) in [5.74, 6) is 2.14. The second kappa shape index (κ2) is 50.8. The third-order valence-corrected chi connectivity index (χ3v) is 22.8. The van der Waals surface area contributed by atoms with Crippen molar-refractivity contribution in [1.29, 1.82) is 0 Å². The minimum atomic E-state index is -0.554. The third kappa shape index (κ3) is 35.8. The molecule has 0 radical (unpaired) electrons. The molecule has 99 heavy (non-hydrogen) atoms. The molecule has 0 aliphatic carbocycles. The summed E-state index contributed by atoms with van der Waals surface area (Å²) in [6, 6.07) is 1.12. The standard InChI is InChI=1S/C38H64N6O7S2.C16H34N4O3.C14H19N3O5S/c45-27(15-9-11-17-31-35-29(25-52-31)41-37(49)43-35)13-5-1-3-7-19-33(47)39-21-23-51-24-22-40-34(48)20-8-4-2-6-14-28(46)16-10-12-18-32-36-30(26-53-32)42-38(50)44-36;17-9-5-1-3-7-15(21)19-11-13-23-14-12-20-16(22)8-4-2-6-10-18;18-10-5-6-11(19)17(10)22-12(20)4-2-1-3-9-13-8(7-23-9)15-14(21)16-13/h29-32,35-36H,1-26H2,(H,39,47)(H,40,48)(H2,41,43,49)(H2,42,44,50);1-14,17-18H2,(H,19,21)(H,20,22);8-9,13H,1-7H2,(H2,15,16,21)/t29-,30-,31-,32-,35-,36-;;8-,9-,13-/m0.0/s1. The summed E-state index contributed by atoms with van der Waals surface area (Å²) in [6.45, 7) is 4.96. The van der Waals surface area contributed by atoms with Crippen LogP contribution in [0.15, 0.2) is 0 Å². The highest BCUT2D eigenvalue weighted by Gasteiger charge is 2.45. The van der Waals surface area contributed by atoms with Gasteiger partial charge in [-0.25, -0.2) is 19.2 Å². The summed E-state index contributed by atoms with van der Waals surface area (Å²) in [5, 5.41) is 31.0. The topological polar surface area (TPSA) is 408 Å². The van der Waals surface area contributed by atoms with Crippen LogP contribution in [-0.2, 0) is 57.5 Å². The van der Waals surface area contributed by atoms with E-state index in [2.05, 4.69) is 53.2 Å². The van der Waals surface area contributed by atoms with E-state index in [0.29, 0.717) is 156 Å². The van der Waals surface area contributed by atoms with E-state index in [1.165, 1.54) is 0 Å². The van der Waals surface area contributed by atoms with Crippen molar-refractivity contribution in [2.75, 3.05) is 83.0 Å². The number of fused-ring (bicyclic) bond motifs is 3. The number of Topliss-reactive ketones (excluding diaryl/α,β-unsaturated/α-hetero) is 2. The molecule has 0 unspecified atom stereocenters. The van der Waals surface area contributed by atoms with Gasteiger partial charge in [-0.3, -0.25) is 38.4 Å². The van der Waals surface area contributed by atoms with Crippen molar-refractivity contribution in [3.63, 3.8) is 0 Å². The van der Waals surface area contributed by atoms with E-state index in [-0.39, 0.29) is 97.2 Å². The molecule has 28 nitrogen and oxygen atoms in total. The Labute approximate surface area is 598 Å². The van der Waals surface area contributed by atoms with Crippen molar-refractivity contribution in [1.82, 2.24) is 58.2 Å². The maximum absolute atomic E-state index is 12.2. The van der Waals surface area contributed by atoms with Gasteiger partial charge in [0.2, 0.25) is 23.6 Å². The Morgan fingerprint density at radius 2 is 0.657 bits per heavy atom. The number of nitrogens with zero attached hydrogens (tertiary/aromatic N) is 1. The fraction of sp³-hybridized carbons (Fsp3) is 0.824. The van der Waals surface area contributed by atoms with Gasteiger partial charge < -0.3 is 78.9 Å². The van der Waals surface area contributed by atoms with Crippen LogP contribution in [0.25, 0.3) is 0 Å². The number of imide groups is 1. The van der Waals surface area contributed by atoms with E-state index in [1.54, 1.807) is 0 Å². The van der Waals surface area contributed by atoms with E-state index in [9.17, 15) is 57.5 Å². The normalized spacial score (nSPS) is 22.2. The van der Waals surface area contributed by atoms with Gasteiger partial charge in [0.1, 0.15) is 11.6 Å². The maximum Gasteiger partial charge on any atom is 0.333 e. The van der Waals surface area contributed by atoms with Gasteiger partial charge in [-0.15, -0.1) is 5.06 Å². The molecule has 7 aliphatic rings. The number of nitrogens with one attached hydrogen (secondary N) is 10. The molecule has 7 fully saturated rings. The molecule has 7 heterocycles. The lowest BCUT2D eigenvalue weighted by Gasteiger charge is -2.16. The van der Waals surface area contributed by atoms with Crippen molar-refractivity contribution in [3.8, 4) is 0 Å². The molecule has 9 atom stereocenters. The zero-order valence-corrected chi connectivity index (χ0v) is 60.8. The Bertz CT molecular complexity index is 2380. The largest absolute Gasteiger partial charge is 0.378 e. The number of amides is 12. The lowest BCUT2D eigenvalue weighted by molar-refractivity contribution is -0.197. The van der Waals surface area contributed by atoms with Crippen molar-refractivity contribution < 1.29 is 71.8 Å². The molecule has 562 valence electrons. The fourth-order valence-corrected chi connectivity index (χ4v) is 17.3. The van der Waals surface area contributed by atoms with Crippen molar-refractivity contribution in [3.05, 3.63) is 0 Å². The Balaban J connectivity index is 0.000000315. The summed E-state index contributed by atoms with van der Waals surface area (Å²) in [5.41, 5.74) is 10.8. The molecule has 0 aromatic carbocycles. The summed E-state index contributed by atoms with van der Waals surface area (Å²) in [7, 11) is 0. The number of rotatable bonds is 52. The van der Waals surface area contributed by atoms with Crippen LogP contribution in [0, 0.1) is 0 Å². The number of unbranched alkanes of at least 4 members (excludes halogenated alkanes) is 13. The Morgan fingerprint density at radius 3 is 0.970 bits per heavy atom. The first-order valence-electron chi connectivity index (χ1n) is 36.8. The number of nitrogens with two attached hydrogens (primary N) is 2. The van der Waals surface area contributed by atoms with Crippen LogP contribution in [0.4, 0.5) is 14.4 Å². The number of carbonyl (C=O) groups is 12. The molecule has 0 saturated carbocycles. The number of hydrogen-bond donors (Lipinski definition) is 12. The first kappa shape index (κ1) is 84.2. The number of carbonyl (C=O) groups excluding carboxylic acids is 12. The number of hydrogen-bond acceptors (Lipinski definition) is 20. The van der Waals surface area contributed by atoms with Crippen LogP contribution in [0.2, 0.25) is 0 Å². The summed E-state index contributed by atoms with van der Waals surface area (Å²) in [6.07, 6.45) is 26.0. The number of ether oxygens (including phenoxy) is 2. The van der Waals surface area contributed by atoms with E-state index < -0.39 is 17.8 Å².